The third-order valence-electron chi connectivity index (χ3n) is 1.55. The van der Waals surface area contributed by atoms with E-state index in [9.17, 15) is 0 Å². The van der Waals surface area contributed by atoms with Crippen molar-refractivity contribution >= 4 is 6.08 Å². The van der Waals surface area contributed by atoms with Crippen LogP contribution in [0.5, 0.6) is 0 Å². The van der Waals surface area contributed by atoms with Gasteiger partial charge in [-0.3, -0.25) is 0 Å². The number of hydrogen-bond acceptors (Lipinski definition) is 0. The van der Waals surface area contributed by atoms with Gasteiger partial charge in [0.25, 0.3) is 0 Å². The monoisotopic (exact) mass is 368 g/mol. The van der Waals surface area contributed by atoms with E-state index in [1.807, 2.05) is 43.3 Å². The third kappa shape index (κ3) is 20.7. The van der Waals surface area contributed by atoms with Crippen LogP contribution < -0.4 is 0 Å². The van der Waals surface area contributed by atoms with Crippen LogP contribution in [0.25, 0.3) is 6.08 Å². The second kappa shape index (κ2) is 18.6. The van der Waals surface area contributed by atoms with Gasteiger partial charge in [-0.1, -0.05) is 93.1 Å². The quantitative estimate of drug-likeness (QED) is 0.622. The predicted molar refractivity (Wildman–Crippen MR) is 81.9 cm³/mol. The van der Waals surface area contributed by atoms with Crippen LogP contribution >= 0.6 is 0 Å². The van der Waals surface area contributed by atoms with Crippen molar-refractivity contribution in [1.82, 2.24) is 0 Å². The molecule has 0 aliphatic rings. The summed E-state index contributed by atoms with van der Waals surface area (Å²) in [5.41, 5.74) is 2.19. The molecule has 0 amide bonds. The van der Waals surface area contributed by atoms with Crippen LogP contribution in [0.3, 0.4) is 0 Å². The van der Waals surface area contributed by atoms with E-state index in [0.29, 0.717) is 0 Å². The van der Waals surface area contributed by atoms with Crippen LogP contribution in [0.4, 0.5) is 0 Å². The first-order chi connectivity index (χ1) is 8.12. The van der Waals surface area contributed by atoms with Gasteiger partial charge >= 0.3 is 0 Å². The summed E-state index contributed by atoms with van der Waals surface area (Å²) in [5.74, 6) is 0. The minimum Gasteiger partial charge on any atom is -0.0991 e. The number of allylic oxidation sites excluding steroid dienone is 4. The molecule has 0 atom stereocenters. The molecule has 0 saturated heterocycles. The Balaban J connectivity index is -0.000000198. The first kappa shape index (κ1) is 22.5. The summed E-state index contributed by atoms with van der Waals surface area (Å²) in [4.78, 5) is 0. The average molecular weight is 371 g/mol. The Morgan fingerprint density at radius 1 is 0.944 bits per heavy atom. The molecule has 1 heteroatoms. The zero-order valence-electron chi connectivity index (χ0n) is 11.2. The molecule has 0 radical (unpaired) electrons. The fourth-order valence-electron chi connectivity index (χ4n) is 0.589. The Kier molecular flexibility index (Phi) is 23.2. The van der Waals surface area contributed by atoms with Crippen molar-refractivity contribution in [1.29, 1.82) is 0 Å². The van der Waals surface area contributed by atoms with E-state index in [2.05, 4.69) is 32.9 Å². The molecule has 0 N–H and O–H groups in total. The molecule has 0 nitrogen and oxygen atoms in total. The van der Waals surface area contributed by atoms with Gasteiger partial charge in [0.1, 0.15) is 0 Å². The first-order valence-corrected chi connectivity index (χ1v) is 5.31. The van der Waals surface area contributed by atoms with Crippen LogP contribution in [0.2, 0.25) is 0 Å². The molecule has 0 spiro atoms. The molecule has 94 valence electrons. The number of hydrogen-bond donors (Lipinski definition) is 0. The van der Waals surface area contributed by atoms with Crippen LogP contribution in [0, 0.1) is 40.8 Å². The Morgan fingerprint density at radius 3 is 1.50 bits per heavy atom. The number of rotatable bonds is 3. The fraction of sp³-hybridized carbons (Fsp3) is 0.0588. The first-order valence-electron chi connectivity index (χ1n) is 5.31. The van der Waals surface area contributed by atoms with Crippen molar-refractivity contribution in [2.75, 3.05) is 0 Å². The van der Waals surface area contributed by atoms with E-state index in [0.717, 1.165) is 5.57 Å². The summed E-state index contributed by atoms with van der Waals surface area (Å²) in [6, 6.07) is 10.0. The maximum Gasteiger partial charge on any atom is 0 e. The minimum atomic E-state index is 0. The molecule has 0 aliphatic carbocycles. The zero-order valence-corrected chi connectivity index (χ0v) is 14.4. The smallest absolute Gasteiger partial charge is 0 e. The molecule has 1 aromatic carbocycles. The summed E-state index contributed by atoms with van der Waals surface area (Å²) >= 11 is 0. The summed E-state index contributed by atoms with van der Waals surface area (Å²) in [7, 11) is 0. The van der Waals surface area contributed by atoms with Gasteiger partial charge in [-0.05, 0) is 12.5 Å². The molecule has 1 rings (SSSR count). The maximum absolute atomic E-state index is 3.63. The summed E-state index contributed by atoms with van der Waals surface area (Å²) < 4.78 is 0. The zero-order chi connectivity index (χ0) is 13.5. The molecule has 0 heterocycles. The summed E-state index contributed by atoms with van der Waals surface area (Å²) in [6.45, 7) is 19.3. The maximum atomic E-state index is 3.63. The molecular weight excluding hydrogens is 348 g/mol. The van der Waals surface area contributed by atoms with E-state index < -0.39 is 0 Å². The molecule has 0 aromatic heterocycles. The molecule has 0 aliphatic heterocycles. The van der Waals surface area contributed by atoms with Gasteiger partial charge in [0.2, 0.25) is 0 Å². The van der Waals surface area contributed by atoms with E-state index in [4.69, 9.17) is 0 Å². The average Bonchev–Trinajstić information content (AvgIpc) is 2.40. The normalized spacial score (nSPS) is 6.72. The second-order valence-electron chi connectivity index (χ2n) is 3.14. The van der Waals surface area contributed by atoms with Gasteiger partial charge in [0.05, 0.1) is 0 Å². The van der Waals surface area contributed by atoms with E-state index in [1.165, 1.54) is 5.56 Å². The van der Waals surface area contributed by atoms with Gasteiger partial charge in [-0.15, -0.1) is 0 Å². The van der Waals surface area contributed by atoms with Gasteiger partial charge in [-0.25, -0.2) is 0 Å². The van der Waals surface area contributed by atoms with Crippen LogP contribution in [0.15, 0.2) is 87.0 Å². The molecule has 0 saturated carbocycles. The largest absolute Gasteiger partial charge is 0.0991 e. The fourth-order valence-corrected chi connectivity index (χ4v) is 0.589. The van der Waals surface area contributed by atoms with Crippen LogP contribution in [0.1, 0.15) is 12.5 Å². The Labute approximate surface area is 145 Å². The van der Waals surface area contributed by atoms with Crippen molar-refractivity contribution in [3.05, 3.63) is 92.6 Å². The van der Waals surface area contributed by atoms with E-state index in [-0.39, 0.29) is 40.8 Å². The topological polar surface area (TPSA) is 0 Å². The Hall–Kier alpha value is -0.729. The van der Waals surface area contributed by atoms with Gasteiger partial charge in [0.15, 0.2) is 0 Å². The van der Waals surface area contributed by atoms with Crippen molar-refractivity contribution in [2.45, 2.75) is 6.92 Å². The van der Waals surface area contributed by atoms with E-state index in [1.54, 1.807) is 18.2 Å². The minimum absolute atomic E-state index is 0. The van der Waals surface area contributed by atoms with Crippen molar-refractivity contribution in [3.63, 3.8) is 0 Å². The van der Waals surface area contributed by atoms with Gasteiger partial charge < -0.3 is 0 Å². The van der Waals surface area contributed by atoms with Gasteiger partial charge in [-0.2, -0.15) is 0 Å². The standard InChI is InChI=1S/C8H8.C5H8.C4H6.Nd/c1-2-8-6-4-3-5-7-8;1-4-5(2)3;1-3-4-2;/h2-7H,1H2;4H,1-2H2,3H3;3-4H,1-2H2;. The summed E-state index contributed by atoms with van der Waals surface area (Å²) in [6.07, 6.45) is 6.83. The molecular formula is C17H22Nd. The van der Waals surface area contributed by atoms with E-state index >= 15 is 0 Å². The Bertz CT molecular complexity index is 341. The SMILES string of the molecule is C=CC(=C)C.C=CC=C.C=Cc1ccccc1.[Nd]. The molecule has 1 aromatic rings. The number of benzene rings is 1. The van der Waals surface area contributed by atoms with Crippen LogP contribution in [-0.4, -0.2) is 0 Å². The molecule has 0 fully saturated rings. The third-order valence-corrected chi connectivity index (χ3v) is 1.55. The molecule has 18 heavy (non-hydrogen) atoms. The second-order valence-corrected chi connectivity index (χ2v) is 3.14. The molecule has 0 unspecified atom stereocenters. The Morgan fingerprint density at radius 2 is 1.33 bits per heavy atom. The van der Waals surface area contributed by atoms with Crippen LogP contribution in [-0.2, 0) is 0 Å². The van der Waals surface area contributed by atoms with Gasteiger partial charge in [0, 0.05) is 40.8 Å². The van der Waals surface area contributed by atoms with Crippen molar-refractivity contribution in [3.8, 4) is 0 Å². The summed E-state index contributed by atoms with van der Waals surface area (Å²) in [5, 5.41) is 0. The van der Waals surface area contributed by atoms with Crippen molar-refractivity contribution in [2.24, 2.45) is 0 Å². The molecule has 0 bridgehead atoms. The predicted octanol–water partition coefficient (Wildman–Crippen LogP) is 5.44. The van der Waals surface area contributed by atoms with Crippen molar-refractivity contribution < 1.29 is 40.8 Å².